The average Bonchev–Trinajstić information content (AvgIpc) is 3.12. The van der Waals surface area contributed by atoms with Gasteiger partial charge in [0.2, 0.25) is 5.91 Å². The molecule has 0 atom stereocenters. The van der Waals surface area contributed by atoms with Gasteiger partial charge in [-0.15, -0.1) is 11.3 Å². The molecule has 0 spiro atoms. The molecule has 1 heterocycles. The fourth-order valence-corrected chi connectivity index (χ4v) is 3.31. The number of rotatable bonds is 6. The van der Waals surface area contributed by atoms with E-state index in [0.717, 1.165) is 34.0 Å². The van der Waals surface area contributed by atoms with Crippen LogP contribution in [0.4, 0.5) is 13.9 Å². The van der Waals surface area contributed by atoms with Crippen molar-refractivity contribution in [3.8, 4) is 11.3 Å². The molecule has 2 N–H and O–H groups in total. The summed E-state index contributed by atoms with van der Waals surface area (Å²) in [6, 6.07) is 9.94. The van der Waals surface area contributed by atoms with E-state index in [1.807, 2.05) is 0 Å². The van der Waals surface area contributed by atoms with Crippen LogP contribution in [0, 0.1) is 11.6 Å². The molecule has 0 aliphatic rings. The molecule has 0 saturated carbocycles. The van der Waals surface area contributed by atoms with Crippen molar-refractivity contribution in [1.29, 1.82) is 0 Å². The number of nitrogens with zero attached hydrogens (tertiary/aromatic N) is 1. The Kier molecular flexibility index (Phi) is 6.48. The summed E-state index contributed by atoms with van der Waals surface area (Å²) < 4.78 is 28.0. The highest BCUT2D eigenvalue weighted by molar-refractivity contribution is 9.10. The third-order valence-electron chi connectivity index (χ3n) is 3.70. The first-order valence-electron chi connectivity index (χ1n) is 8.17. The van der Waals surface area contributed by atoms with Gasteiger partial charge < -0.3 is 10.6 Å². The summed E-state index contributed by atoms with van der Waals surface area (Å²) >= 11 is 4.39. The lowest BCUT2D eigenvalue weighted by Gasteiger charge is -2.05. The van der Waals surface area contributed by atoms with Gasteiger partial charge in [-0.2, -0.15) is 0 Å². The molecule has 0 fully saturated rings. The van der Waals surface area contributed by atoms with Gasteiger partial charge in [-0.1, -0.05) is 15.9 Å². The number of thiazole rings is 1. The van der Waals surface area contributed by atoms with Gasteiger partial charge in [0.15, 0.2) is 5.13 Å². The molecular formula is C19H14BrF2N3O2S. The predicted molar refractivity (Wildman–Crippen MR) is 107 cm³/mol. The van der Waals surface area contributed by atoms with Crippen molar-refractivity contribution in [3.63, 3.8) is 0 Å². The number of nitrogens with one attached hydrogen (secondary N) is 2. The Morgan fingerprint density at radius 1 is 1.11 bits per heavy atom. The van der Waals surface area contributed by atoms with Crippen LogP contribution in [0.1, 0.15) is 16.8 Å². The fraction of sp³-hybridized carbons (Fsp3) is 0.105. The van der Waals surface area contributed by atoms with Gasteiger partial charge in [0.1, 0.15) is 11.6 Å². The third-order valence-corrected chi connectivity index (χ3v) is 4.99. The second-order valence-electron chi connectivity index (χ2n) is 5.72. The molecule has 28 heavy (non-hydrogen) atoms. The first kappa shape index (κ1) is 20.1. The summed E-state index contributed by atoms with van der Waals surface area (Å²) in [6.07, 6.45) is 0.0471. The summed E-state index contributed by atoms with van der Waals surface area (Å²) in [7, 11) is 0. The van der Waals surface area contributed by atoms with Crippen LogP contribution < -0.4 is 10.6 Å². The third kappa shape index (κ3) is 5.20. The second kappa shape index (κ2) is 9.03. The molecule has 0 unspecified atom stereocenters. The minimum Gasteiger partial charge on any atom is -0.352 e. The number of benzene rings is 2. The zero-order valence-electron chi connectivity index (χ0n) is 14.3. The maximum absolute atomic E-state index is 13.8. The van der Waals surface area contributed by atoms with Crippen LogP contribution in [0.25, 0.3) is 11.3 Å². The number of carbonyl (C=O) groups excluding carboxylic acids is 2. The van der Waals surface area contributed by atoms with Gasteiger partial charge >= 0.3 is 0 Å². The Morgan fingerprint density at radius 3 is 2.61 bits per heavy atom. The van der Waals surface area contributed by atoms with Crippen LogP contribution in [-0.2, 0) is 4.79 Å². The van der Waals surface area contributed by atoms with E-state index in [1.165, 1.54) is 5.38 Å². The van der Waals surface area contributed by atoms with Crippen LogP contribution in [-0.4, -0.2) is 23.3 Å². The summed E-state index contributed by atoms with van der Waals surface area (Å²) in [5.74, 6) is -1.80. The lowest BCUT2D eigenvalue weighted by molar-refractivity contribution is -0.116. The summed E-state index contributed by atoms with van der Waals surface area (Å²) in [5.41, 5.74) is 0.754. The topological polar surface area (TPSA) is 71.1 Å². The molecule has 1 aromatic heterocycles. The zero-order valence-corrected chi connectivity index (χ0v) is 16.7. The van der Waals surface area contributed by atoms with Crippen molar-refractivity contribution in [1.82, 2.24) is 10.3 Å². The number of hydrogen-bond acceptors (Lipinski definition) is 4. The Labute approximate surface area is 171 Å². The number of carbonyl (C=O) groups is 2. The van der Waals surface area contributed by atoms with Crippen LogP contribution in [0.5, 0.6) is 0 Å². The smallest absolute Gasteiger partial charge is 0.251 e. The molecule has 3 aromatic rings. The number of halogens is 3. The molecule has 144 valence electrons. The van der Waals surface area contributed by atoms with E-state index >= 15 is 0 Å². The molecule has 2 aromatic carbocycles. The Balaban J connectivity index is 1.51. The minimum atomic E-state index is -0.597. The van der Waals surface area contributed by atoms with Gasteiger partial charge in [0.05, 0.1) is 5.69 Å². The molecule has 0 bridgehead atoms. The maximum Gasteiger partial charge on any atom is 0.251 e. The van der Waals surface area contributed by atoms with E-state index in [1.54, 1.807) is 24.3 Å². The van der Waals surface area contributed by atoms with E-state index in [9.17, 15) is 18.4 Å². The quantitative estimate of drug-likeness (QED) is 0.558. The van der Waals surface area contributed by atoms with Crippen molar-refractivity contribution in [2.45, 2.75) is 6.42 Å². The van der Waals surface area contributed by atoms with Crippen molar-refractivity contribution >= 4 is 44.2 Å². The van der Waals surface area contributed by atoms with Crippen LogP contribution in [0.15, 0.2) is 52.3 Å². The summed E-state index contributed by atoms with van der Waals surface area (Å²) in [5, 5.41) is 7.04. The van der Waals surface area contributed by atoms with Crippen molar-refractivity contribution in [2.24, 2.45) is 0 Å². The standard InChI is InChI=1S/C19H14BrF2N3O2S/c20-12-3-1-11(2-4-12)18(27)23-8-7-17(26)25-19-24-16(10-28-19)14-9-13(21)5-6-15(14)22/h1-6,9-10H,7-8H2,(H,23,27)(H,24,25,26). The fourth-order valence-electron chi connectivity index (χ4n) is 2.32. The first-order valence-corrected chi connectivity index (χ1v) is 9.84. The minimum absolute atomic E-state index is 0.0264. The first-order chi connectivity index (χ1) is 13.4. The lowest BCUT2D eigenvalue weighted by Crippen LogP contribution is -2.27. The van der Waals surface area contributed by atoms with Gasteiger partial charge in [0.25, 0.3) is 5.91 Å². The van der Waals surface area contributed by atoms with Gasteiger partial charge in [-0.25, -0.2) is 13.8 Å². The Morgan fingerprint density at radius 2 is 1.86 bits per heavy atom. The van der Waals surface area contributed by atoms with Crippen molar-refractivity contribution in [3.05, 3.63) is 69.5 Å². The molecule has 3 rings (SSSR count). The monoisotopic (exact) mass is 465 g/mol. The predicted octanol–water partition coefficient (Wildman–Crippen LogP) is 4.61. The summed E-state index contributed by atoms with van der Waals surface area (Å²) in [4.78, 5) is 28.1. The van der Waals surface area contributed by atoms with Crippen LogP contribution >= 0.6 is 27.3 Å². The number of aromatic nitrogens is 1. The van der Waals surface area contributed by atoms with Gasteiger partial charge in [-0.05, 0) is 42.5 Å². The van der Waals surface area contributed by atoms with Gasteiger partial charge in [0, 0.05) is 33.9 Å². The average molecular weight is 466 g/mol. The molecule has 0 saturated heterocycles. The molecule has 5 nitrogen and oxygen atoms in total. The molecular weight excluding hydrogens is 452 g/mol. The molecule has 2 amide bonds. The maximum atomic E-state index is 13.8. The highest BCUT2D eigenvalue weighted by Crippen LogP contribution is 2.27. The molecule has 9 heteroatoms. The largest absolute Gasteiger partial charge is 0.352 e. The van der Waals surface area contributed by atoms with Crippen LogP contribution in [0.2, 0.25) is 0 Å². The van der Waals surface area contributed by atoms with E-state index in [0.29, 0.717) is 5.56 Å². The van der Waals surface area contributed by atoms with E-state index in [2.05, 4.69) is 31.5 Å². The zero-order chi connectivity index (χ0) is 20.1. The normalized spacial score (nSPS) is 10.5. The number of amides is 2. The van der Waals surface area contributed by atoms with Gasteiger partial charge in [-0.3, -0.25) is 9.59 Å². The lowest BCUT2D eigenvalue weighted by atomic mass is 10.1. The number of anilines is 1. The van der Waals surface area contributed by atoms with Crippen LogP contribution in [0.3, 0.4) is 0 Å². The summed E-state index contributed by atoms with van der Waals surface area (Å²) in [6.45, 7) is 0.150. The second-order valence-corrected chi connectivity index (χ2v) is 7.50. The van der Waals surface area contributed by atoms with E-state index in [4.69, 9.17) is 0 Å². The van der Waals surface area contributed by atoms with E-state index < -0.39 is 11.6 Å². The van der Waals surface area contributed by atoms with Crippen molar-refractivity contribution in [2.75, 3.05) is 11.9 Å². The van der Waals surface area contributed by atoms with E-state index in [-0.39, 0.29) is 41.2 Å². The molecule has 0 aliphatic heterocycles. The number of hydrogen-bond donors (Lipinski definition) is 2. The molecule has 0 radical (unpaired) electrons. The Hall–Kier alpha value is -2.65. The SMILES string of the molecule is O=C(CCNC(=O)c1ccc(Br)cc1)Nc1nc(-c2cc(F)ccc2F)cs1. The highest BCUT2D eigenvalue weighted by atomic mass is 79.9. The molecule has 0 aliphatic carbocycles. The Bertz CT molecular complexity index is 1010. The van der Waals surface area contributed by atoms with Crippen molar-refractivity contribution < 1.29 is 18.4 Å². The highest BCUT2D eigenvalue weighted by Gasteiger charge is 2.13.